The van der Waals surface area contributed by atoms with Crippen molar-refractivity contribution in [1.82, 2.24) is 4.90 Å². The molecule has 314 valence electrons. The first-order valence-corrected chi connectivity index (χ1v) is 19.4. The molecule has 1 amide bonds. The summed E-state index contributed by atoms with van der Waals surface area (Å²) in [6.07, 6.45) is 3.89. The Morgan fingerprint density at radius 1 is 0.947 bits per heavy atom. The molecular formula is C43H60N2O12. The number of Topliss-reactive ketones (excluding diaryl/α,β-unsaturated/α-hetero) is 1. The number of rotatable bonds is 7. The molecule has 0 radical (unpaired) electrons. The van der Waals surface area contributed by atoms with E-state index in [1.807, 2.05) is 18.7 Å². The molecule has 14 nitrogen and oxygen atoms in total. The van der Waals surface area contributed by atoms with Gasteiger partial charge in [0.25, 0.3) is 11.7 Å². The molecule has 0 unspecified atom stereocenters. The number of ether oxygens (including phenoxy) is 5. The van der Waals surface area contributed by atoms with Gasteiger partial charge in [-0.05, 0) is 33.0 Å². The molecule has 3 heterocycles. The second-order valence-electron chi connectivity index (χ2n) is 15.3. The first kappa shape index (κ1) is 45.1. The van der Waals surface area contributed by atoms with Crippen LogP contribution in [0.25, 0.3) is 10.8 Å². The van der Waals surface area contributed by atoms with E-state index >= 15 is 0 Å². The number of amides is 1. The van der Waals surface area contributed by atoms with E-state index in [0.717, 1.165) is 0 Å². The maximum absolute atomic E-state index is 14.5. The van der Waals surface area contributed by atoms with E-state index in [-0.39, 0.29) is 57.0 Å². The van der Waals surface area contributed by atoms with Crippen LogP contribution < -0.4 is 14.8 Å². The normalized spacial score (nSPS) is 30.7. The number of aliphatic hydroxyl groups is 2. The van der Waals surface area contributed by atoms with Crippen LogP contribution in [0, 0.1) is 30.6 Å². The predicted molar refractivity (Wildman–Crippen MR) is 215 cm³/mol. The van der Waals surface area contributed by atoms with E-state index in [1.165, 1.54) is 40.4 Å². The molecule has 57 heavy (non-hydrogen) atoms. The minimum atomic E-state index is -1.96. The summed E-state index contributed by atoms with van der Waals surface area (Å²) < 4.78 is 29.6. The van der Waals surface area contributed by atoms with Crippen molar-refractivity contribution >= 4 is 34.1 Å². The Balaban J connectivity index is 2.00. The number of benzene rings is 2. The Labute approximate surface area is 335 Å². The van der Waals surface area contributed by atoms with Crippen LogP contribution in [0.2, 0.25) is 0 Å². The fourth-order valence-corrected chi connectivity index (χ4v) is 7.85. The summed E-state index contributed by atoms with van der Waals surface area (Å²) in [6.45, 7) is 18.0. The van der Waals surface area contributed by atoms with Crippen molar-refractivity contribution in [3.8, 4) is 23.0 Å². The quantitative estimate of drug-likeness (QED) is 0.127. The Bertz CT molecular complexity index is 1930. The summed E-state index contributed by atoms with van der Waals surface area (Å²) in [5.74, 6) is -6.72. The molecule has 9 atom stereocenters. The molecule has 0 saturated carbocycles. The topological polar surface area (TPSA) is 194 Å². The number of carbonyl (C=O) groups excluding carboxylic acids is 3. The van der Waals surface area contributed by atoms with Crippen LogP contribution in [0.3, 0.4) is 0 Å². The third-order valence-electron chi connectivity index (χ3n) is 11.6. The SMILES string of the molecule is CCN(CC)Cc1c2c(O)c3c(OC)c(C)c4c(c3c1O)C(=O)[C@@](C)(O/C=C/[C@H](OC)[C@H](C)[C@@H](OC(C)=O)[C@@H](C)[C@H](O)[C@H](C)[C@@H](O)[C@@H](C)/C=C/C=C(/C)C(=O)N2)O4. The molecule has 5 rings (SSSR count). The number of ketones is 1. The predicted octanol–water partition coefficient (Wildman–Crippen LogP) is 5.90. The average Bonchev–Trinajstić information content (AvgIpc) is 3.44. The smallest absolute Gasteiger partial charge is 0.312 e. The summed E-state index contributed by atoms with van der Waals surface area (Å²) in [4.78, 5) is 42.6. The molecule has 5 N–H and O–H groups in total. The summed E-state index contributed by atoms with van der Waals surface area (Å²) in [7, 11) is 2.84. The van der Waals surface area contributed by atoms with Crippen LogP contribution in [0.1, 0.15) is 83.8 Å². The highest BCUT2D eigenvalue weighted by atomic mass is 16.7. The number of aliphatic hydroxyl groups excluding tert-OH is 2. The van der Waals surface area contributed by atoms with Crippen molar-refractivity contribution in [2.45, 2.75) is 106 Å². The van der Waals surface area contributed by atoms with Crippen LogP contribution in [0.5, 0.6) is 23.0 Å². The lowest BCUT2D eigenvalue weighted by atomic mass is 9.78. The van der Waals surface area contributed by atoms with E-state index < -0.39 is 77.3 Å². The van der Waals surface area contributed by atoms with Crippen molar-refractivity contribution in [3.63, 3.8) is 0 Å². The molecule has 0 saturated heterocycles. The molecule has 0 aromatic heterocycles. The zero-order valence-electron chi connectivity index (χ0n) is 35.1. The molecule has 2 aromatic rings. The Hall–Kier alpha value is -4.63. The molecular weight excluding hydrogens is 736 g/mol. The molecule has 2 aromatic carbocycles. The summed E-state index contributed by atoms with van der Waals surface area (Å²) >= 11 is 0. The number of carbonyl (C=O) groups is 3. The van der Waals surface area contributed by atoms with Gasteiger partial charge < -0.3 is 49.4 Å². The highest BCUT2D eigenvalue weighted by Gasteiger charge is 2.50. The number of phenols is 2. The van der Waals surface area contributed by atoms with Gasteiger partial charge in [-0.3, -0.25) is 19.3 Å². The second-order valence-corrected chi connectivity index (χ2v) is 15.3. The molecule has 3 aliphatic rings. The van der Waals surface area contributed by atoms with Gasteiger partial charge in [0.2, 0.25) is 0 Å². The number of nitrogens with one attached hydrogen (secondary N) is 1. The molecule has 14 heteroatoms. The Morgan fingerprint density at radius 3 is 2.18 bits per heavy atom. The first-order chi connectivity index (χ1) is 26.8. The van der Waals surface area contributed by atoms with E-state index in [4.69, 9.17) is 23.7 Å². The number of nitrogens with zero attached hydrogens (tertiary/aromatic N) is 1. The fraction of sp³-hybridized carbons (Fsp3) is 0.558. The lowest BCUT2D eigenvalue weighted by molar-refractivity contribution is -0.160. The molecule has 0 fully saturated rings. The minimum absolute atomic E-state index is 0.00408. The van der Waals surface area contributed by atoms with Gasteiger partial charge in [0.05, 0.1) is 48.3 Å². The summed E-state index contributed by atoms with van der Waals surface area (Å²) in [5.41, 5.74) is 0.653. The zero-order valence-corrected chi connectivity index (χ0v) is 35.1. The van der Waals surface area contributed by atoms with E-state index in [9.17, 15) is 34.8 Å². The number of methoxy groups -OCH3 is 2. The van der Waals surface area contributed by atoms with Crippen molar-refractivity contribution < 1.29 is 58.5 Å². The number of phenolic OH excluding ortho intramolecular Hbond substituents is 2. The molecule has 0 spiro atoms. The monoisotopic (exact) mass is 796 g/mol. The Morgan fingerprint density at radius 2 is 1.60 bits per heavy atom. The average molecular weight is 797 g/mol. The second kappa shape index (κ2) is 18.3. The van der Waals surface area contributed by atoms with Crippen LogP contribution in [0.15, 0.2) is 36.1 Å². The third kappa shape index (κ3) is 8.79. The van der Waals surface area contributed by atoms with Crippen molar-refractivity contribution in [3.05, 3.63) is 52.8 Å². The fourth-order valence-electron chi connectivity index (χ4n) is 7.85. The third-order valence-corrected chi connectivity index (χ3v) is 11.6. The van der Waals surface area contributed by atoms with Crippen molar-refractivity contribution in [1.29, 1.82) is 0 Å². The molecule has 5 bridgehead atoms. The number of allylic oxidation sites excluding steroid dienone is 2. The van der Waals surface area contributed by atoms with E-state index in [2.05, 4.69) is 5.32 Å². The van der Waals surface area contributed by atoms with Crippen LogP contribution >= 0.6 is 0 Å². The van der Waals surface area contributed by atoms with Crippen molar-refractivity contribution in [2.75, 3.05) is 32.6 Å². The first-order valence-electron chi connectivity index (χ1n) is 19.4. The van der Waals surface area contributed by atoms with E-state index in [0.29, 0.717) is 18.7 Å². The number of fused-ring (bicyclic) bond motifs is 14. The standard InChI is InChI=1S/C43H60N2O12/c1-13-45(14-2)20-28-33-37(50)31-30(36(28)49)32-40(26(8)39(31)54-12)57-43(10,41(32)51)55-19-18-29(53-11)23(5)38(56-27(9)46)25(7)35(48)24(6)34(47)21(3)16-15-17-22(4)42(52)44-33/h15-19,21,23-25,29,34-35,38,47-50H,13-14,20H2,1-12H3,(H,44,52)/b16-15+,19-18+,22-17-/t21-,23-,24+,25-,29-,34-,35+,38+,43-/m0/s1. The zero-order chi connectivity index (χ0) is 42.7. The molecule has 3 aliphatic heterocycles. The largest absolute Gasteiger partial charge is 0.507 e. The van der Waals surface area contributed by atoms with Crippen LogP contribution in [0.4, 0.5) is 5.69 Å². The van der Waals surface area contributed by atoms with E-state index in [1.54, 1.807) is 59.8 Å². The van der Waals surface area contributed by atoms with Crippen molar-refractivity contribution in [2.24, 2.45) is 23.7 Å². The van der Waals surface area contributed by atoms with Crippen LogP contribution in [-0.2, 0) is 30.3 Å². The number of hydrogen-bond donors (Lipinski definition) is 5. The van der Waals surface area contributed by atoms with Gasteiger partial charge in [-0.2, -0.15) is 0 Å². The lowest BCUT2D eigenvalue weighted by Crippen LogP contribution is -2.46. The summed E-state index contributed by atoms with van der Waals surface area (Å²) in [6, 6.07) is 0. The van der Waals surface area contributed by atoms with Gasteiger partial charge in [-0.1, -0.05) is 59.8 Å². The molecule has 0 aliphatic carbocycles. The summed E-state index contributed by atoms with van der Waals surface area (Å²) in [5, 5.41) is 49.9. The van der Waals surface area contributed by atoms with Gasteiger partial charge in [0.15, 0.2) is 5.75 Å². The minimum Gasteiger partial charge on any atom is -0.507 e. The number of hydrogen-bond acceptors (Lipinski definition) is 13. The maximum Gasteiger partial charge on any atom is 0.312 e. The lowest BCUT2D eigenvalue weighted by Gasteiger charge is -2.38. The van der Waals surface area contributed by atoms with Gasteiger partial charge in [-0.25, -0.2) is 0 Å². The number of anilines is 1. The Kier molecular flexibility index (Phi) is 14.5. The van der Waals surface area contributed by atoms with Gasteiger partial charge in [0, 0.05) is 73.3 Å². The number of esters is 1. The van der Waals surface area contributed by atoms with Gasteiger partial charge >= 0.3 is 11.8 Å². The number of aromatic hydroxyl groups is 2. The van der Waals surface area contributed by atoms with Crippen LogP contribution in [-0.4, -0.2) is 100 Å². The van der Waals surface area contributed by atoms with Gasteiger partial charge in [0.1, 0.15) is 23.4 Å². The maximum atomic E-state index is 14.5. The van der Waals surface area contributed by atoms with Gasteiger partial charge in [-0.15, -0.1) is 0 Å². The highest BCUT2D eigenvalue weighted by Crippen LogP contribution is 2.55. The highest BCUT2D eigenvalue weighted by molar-refractivity contribution is 6.22.